The summed E-state index contributed by atoms with van der Waals surface area (Å²) in [7, 11) is 0. The fraction of sp³-hybridized carbons (Fsp3) is 0. The molecule has 0 aliphatic carbocycles. The van der Waals surface area contributed by atoms with Crippen LogP contribution < -0.4 is 0 Å². The molecule has 0 unspecified atom stereocenters. The second-order valence-electron chi connectivity index (χ2n) is 8.23. The first-order valence-electron chi connectivity index (χ1n) is 11.2. The molecule has 1 N–H and O–H groups in total. The highest BCUT2D eigenvalue weighted by atomic mass is 32.1. The molecule has 0 amide bonds. The van der Waals surface area contributed by atoms with E-state index in [1.165, 1.54) is 39.2 Å². The van der Waals surface area contributed by atoms with E-state index >= 15 is 0 Å². The Bertz CT molecular complexity index is 1780. The van der Waals surface area contributed by atoms with Crippen molar-refractivity contribution in [3.63, 3.8) is 0 Å². The number of carboxylic acids is 1. The Hall–Kier alpha value is -4.44. The van der Waals surface area contributed by atoms with Crippen molar-refractivity contribution < 1.29 is 9.90 Å². The molecule has 6 heteroatoms. The number of fused-ring (bicyclic) bond motifs is 3. The minimum atomic E-state index is -1.21. The third-order valence-electron chi connectivity index (χ3n) is 6.08. The maximum absolute atomic E-state index is 11.1. The van der Waals surface area contributed by atoms with Crippen LogP contribution in [0.15, 0.2) is 103 Å². The first-order valence-corrected chi connectivity index (χ1v) is 12.9. The lowest BCUT2D eigenvalue weighted by atomic mass is 10.1. The predicted octanol–water partition coefficient (Wildman–Crippen LogP) is 8.59. The average Bonchev–Trinajstić information content (AvgIpc) is 3.65. The van der Waals surface area contributed by atoms with Crippen LogP contribution in [0.25, 0.3) is 58.6 Å². The van der Waals surface area contributed by atoms with E-state index < -0.39 is 5.97 Å². The number of carbonyl (C=O) groups is 1. The van der Waals surface area contributed by atoms with Gasteiger partial charge in [-0.15, -0.1) is 22.7 Å². The van der Waals surface area contributed by atoms with Crippen molar-refractivity contribution in [1.82, 2.24) is 4.57 Å². The molecular weight excluding hydrogens is 484 g/mol. The molecule has 0 spiro atoms. The first kappa shape index (κ1) is 22.1. The Morgan fingerprint density at radius 3 is 1.97 bits per heavy atom. The van der Waals surface area contributed by atoms with Crippen LogP contribution in [0.3, 0.4) is 0 Å². The zero-order valence-corrected chi connectivity index (χ0v) is 20.5. The van der Waals surface area contributed by atoms with Gasteiger partial charge in [-0.3, -0.25) is 4.79 Å². The lowest BCUT2D eigenvalue weighted by molar-refractivity contribution is -0.132. The number of aliphatic carboxylic acids is 1. The van der Waals surface area contributed by atoms with Gasteiger partial charge in [-0.2, -0.15) is 0 Å². The zero-order valence-electron chi connectivity index (χ0n) is 18.9. The van der Waals surface area contributed by atoms with Crippen LogP contribution in [-0.2, 0) is 4.79 Å². The van der Waals surface area contributed by atoms with E-state index in [9.17, 15) is 4.79 Å². The number of carboxylic acid groups (broad SMARTS) is 1. The second kappa shape index (κ2) is 8.97. The molecule has 0 bridgehead atoms. The summed E-state index contributed by atoms with van der Waals surface area (Å²) in [5.74, 6) is -1.21. The van der Waals surface area contributed by atoms with Gasteiger partial charge >= 0.3 is 5.97 Å². The summed E-state index contributed by atoms with van der Waals surface area (Å²) in [5.41, 5.74) is 4.37. The summed E-state index contributed by atoms with van der Waals surface area (Å²) in [6.07, 6.45) is 1.42. The highest BCUT2D eigenvalue weighted by Crippen LogP contribution is 2.39. The Morgan fingerprint density at radius 1 is 0.750 bits per heavy atom. The van der Waals surface area contributed by atoms with E-state index in [0.717, 1.165) is 30.8 Å². The van der Waals surface area contributed by atoms with Gasteiger partial charge in [-0.25, -0.2) is 4.85 Å². The number of thiophene rings is 2. The SMILES string of the molecule is [C-]#[N+]/C(=C\c1ccc(-c2ccc(-c3ccc(-n4c5ccccc5c5ccccc54)cc3)s2)s1)C(=O)O. The molecule has 0 saturated carbocycles. The number of aromatic nitrogens is 1. The summed E-state index contributed by atoms with van der Waals surface area (Å²) in [6, 6.07) is 33.7. The Labute approximate surface area is 215 Å². The summed E-state index contributed by atoms with van der Waals surface area (Å²) in [6.45, 7) is 7.03. The van der Waals surface area contributed by atoms with E-state index in [1.54, 1.807) is 11.3 Å². The standard InChI is InChI=1S/C30H18N2O2S2/c1-31-24(30(33)34)18-21-14-15-28(35-21)29-17-16-27(36-29)19-10-12-20(13-11-19)32-25-8-4-2-6-22(25)23-7-3-5-9-26(23)32/h2-18H,(H,33,34)/b24-18-. The lowest BCUT2D eigenvalue weighted by Gasteiger charge is -2.08. The molecule has 0 radical (unpaired) electrons. The molecule has 3 aromatic heterocycles. The number of nitrogens with zero attached hydrogens (tertiary/aromatic N) is 2. The number of para-hydroxylation sites is 2. The van der Waals surface area contributed by atoms with Gasteiger partial charge in [0, 0.05) is 36.0 Å². The van der Waals surface area contributed by atoms with Gasteiger partial charge in [0.1, 0.15) is 0 Å². The minimum absolute atomic E-state index is 0.279. The van der Waals surface area contributed by atoms with Gasteiger partial charge in [0.15, 0.2) is 0 Å². The predicted molar refractivity (Wildman–Crippen MR) is 150 cm³/mol. The van der Waals surface area contributed by atoms with Crippen LogP contribution in [0.2, 0.25) is 0 Å². The van der Waals surface area contributed by atoms with Crippen LogP contribution in [0, 0.1) is 6.57 Å². The fourth-order valence-electron chi connectivity index (χ4n) is 4.44. The third-order valence-corrected chi connectivity index (χ3v) is 8.45. The zero-order chi connectivity index (χ0) is 24.6. The molecule has 0 fully saturated rings. The average molecular weight is 503 g/mol. The monoisotopic (exact) mass is 502 g/mol. The van der Waals surface area contributed by atoms with Crippen molar-refractivity contribution in [3.8, 4) is 25.9 Å². The molecule has 3 aromatic carbocycles. The number of benzene rings is 3. The Morgan fingerprint density at radius 2 is 1.33 bits per heavy atom. The number of hydrogen-bond acceptors (Lipinski definition) is 3. The highest BCUT2D eigenvalue weighted by Gasteiger charge is 2.13. The summed E-state index contributed by atoms with van der Waals surface area (Å²) in [5, 5.41) is 11.6. The molecule has 0 aliphatic rings. The van der Waals surface area contributed by atoms with Crippen LogP contribution in [0.1, 0.15) is 4.88 Å². The molecular formula is C30H18N2O2S2. The first-order chi connectivity index (χ1) is 17.6. The lowest BCUT2D eigenvalue weighted by Crippen LogP contribution is -1.94. The molecule has 36 heavy (non-hydrogen) atoms. The maximum Gasteiger partial charge on any atom is 0.333 e. The van der Waals surface area contributed by atoms with Gasteiger partial charge in [0.25, 0.3) is 5.70 Å². The summed E-state index contributed by atoms with van der Waals surface area (Å²) >= 11 is 3.18. The molecule has 6 aromatic rings. The van der Waals surface area contributed by atoms with Crippen molar-refractivity contribution in [1.29, 1.82) is 0 Å². The van der Waals surface area contributed by atoms with E-state index in [2.05, 4.69) is 94.3 Å². The third kappa shape index (κ3) is 3.81. The number of hydrogen-bond donors (Lipinski definition) is 1. The van der Waals surface area contributed by atoms with Gasteiger partial charge < -0.3 is 9.67 Å². The molecule has 0 saturated heterocycles. The van der Waals surface area contributed by atoms with Crippen molar-refractivity contribution in [2.75, 3.05) is 0 Å². The van der Waals surface area contributed by atoms with Gasteiger partial charge in [-0.05, 0) is 60.2 Å². The van der Waals surface area contributed by atoms with E-state index in [0.29, 0.717) is 0 Å². The van der Waals surface area contributed by atoms with Gasteiger partial charge in [-0.1, -0.05) is 48.5 Å². The molecule has 4 nitrogen and oxygen atoms in total. The largest absolute Gasteiger partial charge is 0.486 e. The van der Waals surface area contributed by atoms with Crippen molar-refractivity contribution in [2.45, 2.75) is 0 Å². The fourth-order valence-corrected chi connectivity index (χ4v) is 6.49. The van der Waals surface area contributed by atoms with E-state index in [1.807, 2.05) is 12.1 Å². The molecule has 0 atom stereocenters. The Kier molecular flexibility index (Phi) is 5.49. The minimum Gasteiger partial charge on any atom is -0.486 e. The maximum atomic E-state index is 11.1. The van der Waals surface area contributed by atoms with Crippen molar-refractivity contribution >= 4 is 56.5 Å². The molecule has 0 aliphatic heterocycles. The van der Waals surface area contributed by atoms with Crippen LogP contribution in [0.4, 0.5) is 0 Å². The molecule has 172 valence electrons. The van der Waals surface area contributed by atoms with Crippen molar-refractivity contribution in [3.05, 3.63) is 119 Å². The van der Waals surface area contributed by atoms with Gasteiger partial charge in [0.2, 0.25) is 0 Å². The van der Waals surface area contributed by atoms with Crippen LogP contribution in [0.5, 0.6) is 0 Å². The molecule has 3 heterocycles. The topological polar surface area (TPSA) is 46.6 Å². The highest BCUT2D eigenvalue weighted by molar-refractivity contribution is 7.24. The van der Waals surface area contributed by atoms with Crippen LogP contribution >= 0.6 is 22.7 Å². The van der Waals surface area contributed by atoms with E-state index in [4.69, 9.17) is 11.7 Å². The smallest absolute Gasteiger partial charge is 0.333 e. The quantitative estimate of drug-likeness (QED) is 0.190. The van der Waals surface area contributed by atoms with Crippen LogP contribution in [-0.4, -0.2) is 15.6 Å². The van der Waals surface area contributed by atoms with Gasteiger partial charge in [0.05, 0.1) is 17.6 Å². The number of rotatable bonds is 5. The summed E-state index contributed by atoms with van der Waals surface area (Å²) < 4.78 is 2.31. The van der Waals surface area contributed by atoms with E-state index in [-0.39, 0.29) is 5.70 Å². The molecule has 6 rings (SSSR count). The normalized spacial score (nSPS) is 11.7. The second-order valence-corrected chi connectivity index (χ2v) is 10.4. The Balaban J connectivity index is 1.32. The van der Waals surface area contributed by atoms with Crippen molar-refractivity contribution in [2.24, 2.45) is 0 Å². The summed E-state index contributed by atoms with van der Waals surface area (Å²) in [4.78, 5) is 18.3.